The number of piperidine rings is 2. The van der Waals surface area contributed by atoms with E-state index in [1.54, 1.807) is 17.2 Å². The van der Waals surface area contributed by atoms with Crippen LogP contribution >= 0.6 is 0 Å². The van der Waals surface area contributed by atoms with E-state index >= 15 is 0 Å². The Morgan fingerprint density at radius 1 is 1.06 bits per heavy atom. The molecule has 0 aromatic carbocycles. The van der Waals surface area contributed by atoms with E-state index in [1.165, 1.54) is 6.07 Å². The minimum absolute atomic E-state index is 0.153. The van der Waals surface area contributed by atoms with Crippen molar-refractivity contribution in [3.63, 3.8) is 0 Å². The molecule has 0 radical (unpaired) electrons. The summed E-state index contributed by atoms with van der Waals surface area (Å²) in [7, 11) is 0. The third kappa shape index (κ3) is 4.67. The van der Waals surface area contributed by atoms with Crippen LogP contribution in [0.4, 0.5) is 23.4 Å². The fourth-order valence-electron chi connectivity index (χ4n) is 4.92. The van der Waals surface area contributed by atoms with E-state index in [0.29, 0.717) is 17.9 Å². The molecule has 2 aliphatic heterocycles. The third-order valence-electron chi connectivity index (χ3n) is 6.55. The maximum absolute atomic E-state index is 13.7. The number of amides is 1. The highest BCUT2D eigenvalue weighted by Gasteiger charge is 2.44. The van der Waals surface area contributed by atoms with Gasteiger partial charge in [0.1, 0.15) is 11.5 Å². The van der Waals surface area contributed by atoms with Crippen LogP contribution in [0, 0.1) is 18.7 Å². The Kier molecular flexibility index (Phi) is 5.86. The molecule has 182 valence electrons. The number of fused-ring (bicyclic) bond motifs is 3. The lowest BCUT2D eigenvalue weighted by molar-refractivity contribution is -0.137. The molecular weight excluding hydrogens is 464 g/mol. The number of aryl methyl sites for hydroxylation is 1. The topological polar surface area (TPSA) is 83.9 Å². The van der Waals surface area contributed by atoms with Crippen LogP contribution in [0.5, 0.6) is 0 Å². The Morgan fingerprint density at radius 2 is 1.83 bits per heavy atom. The van der Waals surface area contributed by atoms with Gasteiger partial charge in [0.05, 0.1) is 29.6 Å². The zero-order chi connectivity index (χ0) is 24.7. The van der Waals surface area contributed by atoms with Crippen molar-refractivity contribution in [3.05, 3.63) is 65.5 Å². The maximum atomic E-state index is 13.7. The Balaban J connectivity index is 1.40. The van der Waals surface area contributed by atoms with Gasteiger partial charge in [-0.3, -0.25) is 9.78 Å². The fourth-order valence-corrected chi connectivity index (χ4v) is 4.92. The molecule has 0 spiro atoms. The van der Waals surface area contributed by atoms with E-state index in [4.69, 9.17) is 0 Å². The largest absolute Gasteiger partial charge is 0.417 e. The molecule has 6 rings (SSSR count). The summed E-state index contributed by atoms with van der Waals surface area (Å²) in [6, 6.07) is 3.70. The number of pyridine rings is 2. The predicted octanol–water partition coefficient (Wildman–Crippen LogP) is 4.51. The van der Waals surface area contributed by atoms with Crippen molar-refractivity contribution in [1.82, 2.24) is 24.8 Å². The molecule has 3 aromatic rings. The SMILES string of the molecule is Cc1cnc(-c2ncc(F)cn2)c(C(=O)N2C[C@H]3CC[C@H]2[C@H](Nc2ccc(C(F)(F)F)cn2)C3)c1. The minimum Gasteiger partial charge on any atom is -0.365 e. The van der Waals surface area contributed by atoms with E-state index in [-0.39, 0.29) is 35.4 Å². The van der Waals surface area contributed by atoms with Gasteiger partial charge in [-0.15, -0.1) is 0 Å². The Bertz CT molecular complexity index is 1230. The van der Waals surface area contributed by atoms with Crippen molar-refractivity contribution in [2.24, 2.45) is 5.92 Å². The summed E-state index contributed by atoms with van der Waals surface area (Å²) >= 11 is 0. The van der Waals surface area contributed by atoms with Crippen molar-refractivity contribution >= 4 is 11.7 Å². The van der Waals surface area contributed by atoms with E-state index in [0.717, 1.165) is 49.5 Å². The normalized spacial score (nSPS) is 21.7. The van der Waals surface area contributed by atoms with Gasteiger partial charge in [0.2, 0.25) is 0 Å². The summed E-state index contributed by atoms with van der Waals surface area (Å²) in [6.45, 7) is 2.39. The molecule has 11 heteroatoms. The van der Waals surface area contributed by atoms with Gasteiger partial charge < -0.3 is 10.2 Å². The van der Waals surface area contributed by atoms with Crippen molar-refractivity contribution in [2.45, 2.75) is 44.4 Å². The van der Waals surface area contributed by atoms with Crippen LogP contribution in [0.3, 0.4) is 0 Å². The van der Waals surface area contributed by atoms with E-state index in [9.17, 15) is 22.4 Å². The molecule has 3 aliphatic rings. The average Bonchev–Trinajstić information content (AvgIpc) is 2.84. The molecule has 35 heavy (non-hydrogen) atoms. The second-order valence-corrected chi connectivity index (χ2v) is 9.02. The predicted molar refractivity (Wildman–Crippen MR) is 119 cm³/mol. The molecule has 7 nitrogen and oxygen atoms in total. The molecule has 5 heterocycles. The number of anilines is 1. The highest BCUT2D eigenvalue weighted by molar-refractivity contribution is 5.99. The first-order valence-electron chi connectivity index (χ1n) is 11.2. The number of hydrogen-bond donors (Lipinski definition) is 1. The minimum atomic E-state index is -4.45. The van der Waals surface area contributed by atoms with Crippen molar-refractivity contribution in [1.29, 1.82) is 0 Å². The summed E-state index contributed by atoms with van der Waals surface area (Å²) in [6.07, 6.45) is 2.52. The summed E-state index contributed by atoms with van der Waals surface area (Å²) in [5.41, 5.74) is 0.573. The molecule has 3 fully saturated rings. The smallest absolute Gasteiger partial charge is 0.365 e. The maximum Gasteiger partial charge on any atom is 0.417 e. The van der Waals surface area contributed by atoms with Gasteiger partial charge in [-0.1, -0.05) is 0 Å². The molecule has 1 amide bonds. The lowest BCUT2D eigenvalue weighted by Gasteiger charge is -2.50. The van der Waals surface area contributed by atoms with Gasteiger partial charge in [0.15, 0.2) is 11.6 Å². The Labute approximate surface area is 198 Å². The first-order chi connectivity index (χ1) is 16.7. The number of halogens is 4. The van der Waals surface area contributed by atoms with Crippen LogP contribution in [-0.2, 0) is 6.18 Å². The highest BCUT2D eigenvalue weighted by Crippen LogP contribution is 2.38. The van der Waals surface area contributed by atoms with E-state index in [1.807, 2.05) is 6.92 Å². The molecule has 1 aliphatic carbocycles. The van der Waals surface area contributed by atoms with Gasteiger partial charge in [-0.2, -0.15) is 13.2 Å². The van der Waals surface area contributed by atoms with Crippen LogP contribution in [0.2, 0.25) is 0 Å². The quantitative estimate of drug-likeness (QED) is 0.547. The summed E-state index contributed by atoms with van der Waals surface area (Å²) in [5, 5.41) is 3.24. The molecular formula is C24H22F4N6O. The van der Waals surface area contributed by atoms with E-state index in [2.05, 4.69) is 25.3 Å². The second-order valence-electron chi connectivity index (χ2n) is 9.02. The zero-order valence-corrected chi connectivity index (χ0v) is 18.8. The summed E-state index contributed by atoms with van der Waals surface area (Å²) < 4.78 is 51.9. The van der Waals surface area contributed by atoms with Crippen molar-refractivity contribution in [3.8, 4) is 11.5 Å². The lowest BCUT2D eigenvalue weighted by Crippen LogP contribution is -2.59. The molecule has 3 atom stereocenters. The van der Waals surface area contributed by atoms with Gasteiger partial charge in [0, 0.05) is 25.0 Å². The monoisotopic (exact) mass is 486 g/mol. The van der Waals surface area contributed by atoms with Gasteiger partial charge >= 0.3 is 6.18 Å². The molecule has 2 saturated heterocycles. The molecule has 1 saturated carbocycles. The Hall–Kier alpha value is -3.63. The molecule has 1 N–H and O–H groups in total. The standard InChI is InChI=1S/C24H22F4N6O/c1-13-6-17(21(30-8-13)22-31-10-16(25)11-32-22)23(35)34-12-14-2-4-19(34)18(7-14)33-20-5-3-15(9-29-20)24(26,27)28/h3,5-6,8-11,14,18-19H,2,4,7,12H2,1H3,(H,29,33)/t14-,18+,19-/m0/s1. The molecule has 3 aromatic heterocycles. The van der Waals surface area contributed by atoms with Gasteiger partial charge in [0.25, 0.3) is 5.91 Å². The van der Waals surface area contributed by atoms with Crippen molar-refractivity contribution in [2.75, 3.05) is 11.9 Å². The average molecular weight is 486 g/mol. The molecule has 2 bridgehead atoms. The number of carbonyl (C=O) groups excluding carboxylic acids is 1. The summed E-state index contributed by atoms with van der Waals surface area (Å²) in [5.74, 6) is -0.0844. The van der Waals surface area contributed by atoms with Gasteiger partial charge in [-0.25, -0.2) is 19.3 Å². The third-order valence-corrected chi connectivity index (χ3v) is 6.55. The van der Waals surface area contributed by atoms with Crippen LogP contribution in [-0.4, -0.2) is 49.4 Å². The lowest BCUT2D eigenvalue weighted by atomic mass is 9.76. The number of aromatic nitrogens is 4. The summed E-state index contributed by atoms with van der Waals surface area (Å²) in [4.78, 5) is 31.8. The second kappa shape index (κ2) is 8.86. The number of alkyl halides is 3. The van der Waals surface area contributed by atoms with Crippen LogP contribution < -0.4 is 5.32 Å². The van der Waals surface area contributed by atoms with Crippen molar-refractivity contribution < 1.29 is 22.4 Å². The highest BCUT2D eigenvalue weighted by atomic mass is 19.4. The fraction of sp³-hybridized carbons (Fsp3) is 0.375. The van der Waals surface area contributed by atoms with Crippen LogP contribution in [0.25, 0.3) is 11.5 Å². The van der Waals surface area contributed by atoms with Crippen LogP contribution in [0.1, 0.15) is 40.7 Å². The zero-order valence-electron chi connectivity index (χ0n) is 18.8. The van der Waals surface area contributed by atoms with Gasteiger partial charge in [-0.05, 0) is 55.9 Å². The number of rotatable bonds is 4. The number of hydrogen-bond acceptors (Lipinski definition) is 6. The molecule has 0 unspecified atom stereocenters. The number of nitrogens with one attached hydrogen (secondary N) is 1. The number of carbonyl (C=O) groups is 1. The number of nitrogens with zero attached hydrogens (tertiary/aromatic N) is 5. The van der Waals surface area contributed by atoms with E-state index < -0.39 is 17.6 Å². The first-order valence-corrected chi connectivity index (χ1v) is 11.2. The Morgan fingerprint density at radius 3 is 2.49 bits per heavy atom. The first kappa shape index (κ1) is 23.1. The van der Waals surface area contributed by atoms with Crippen LogP contribution in [0.15, 0.2) is 43.0 Å².